The topological polar surface area (TPSA) is 79.5 Å². The van der Waals surface area contributed by atoms with Crippen LogP contribution in [0.2, 0.25) is 0 Å². The Labute approximate surface area is 136 Å². The summed E-state index contributed by atoms with van der Waals surface area (Å²) in [6.45, 7) is 4.11. The van der Waals surface area contributed by atoms with Gasteiger partial charge in [-0.05, 0) is 49.9 Å². The summed E-state index contributed by atoms with van der Waals surface area (Å²) in [5.74, 6) is 0.184. The van der Waals surface area contributed by atoms with Crippen molar-refractivity contribution in [3.05, 3.63) is 29.3 Å². The fourth-order valence-electron chi connectivity index (χ4n) is 1.89. The van der Waals surface area contributed by atoms with E-state index < -0.39 is 0 Å². The second kappa shape index (κ2) is 7.47. The van der Waals surface area contributed by atoms with Crippen LogP contribution in [0.4, 0.5) is 5.69 Å². The third kappa shape index (κ3) is 5.77. The van der Waals surface area contributed by atoms with E-state index in [1.165, 1.54) is 0 Å². The molecular weight excluding hydrogens is 367 g/mol. The lowest BCUT2D eigenvalue weighted by molar-refractivity contribution is -0.119. The fraction of sp³-hybridized carbons (Fsp3) is 0.429. The van der Waals surface area contributed by atoms with E-state index in [4.69, 9.17) is 5.73 Å². The van der Waals surface area contributed by atoms with Crippen molar-refractivity contribution in [2.24, 2.45) is 10.7 Å². The third-order valence-electron chi connectivity index (χ3n) is 2.83. The Kier molecular flexibility index (Phi) is 6.25. The Morgan fingerprint density at radius 1 is 1.30 bits per heavy atom. The maximum Gasteiger partial charge on any atom is 0.242 e. The molecule has 5 nitrogen and oxygen atoms in total. The average molecular weight is 388 g/mol. The zero-order valence-electron chi connectivity index (χ0n) is 11.8. The molecule has 0 bridgehead atoms. The molecule has 0 unspecified atom stereocenters. The number of hydrogen-bond acceptors (Lipinski definition) is 2. The van der Waals surface area contributed by atoms with Crippen LogP contribution in [-0.4, -0.2) is 24.5 Å². The summed E-state index contributed by atoms with van der Waals surface area (Å²) in [5.41, 5.74) is 8.96. The van der Waals surface area contributed by atoms with Crippen LogP contribution in [0.15, 0.2) is 23.2 Å². The Balaban J connectivity index is 0.00000200. The van der Waals surface area contributed by atoms with E-state index in [0.717, 1.165) is 29.7 Å². The molecular formula is C14H21IN4O. The van der Waals surface area contributed by atoms with Gasteiger partial charge in [0.2, 0.25) is 5.91 Å². The van der Waals surface area contributed by atoms with Crippen LogP contribution in [0, 0.1) is 13.8 Å². The molecule has 0 spiro atoms. The number of nitrogens with zero attached hydrogens (tertiary/aromatic N) is 1. The number of aryl methyl sites for hydroxylation is 2. The minimum atomic E-state index is -0.0762. The smallest absolute Gasteiger partial charge is 0.242 e. The lowest BCUT2D eigenvalue weighted by Gasteiger charge is -2.08. The number of nitrogens with two attached hydrogens (primary N) is 1. The van der Waals surface area contributed by atoms with E-state index in [2.05, 4.69) is 21.7 Å². The lowest BCUT2D eigenvalue weighted by atomic mass is 10.1. The molecule has 1 saturated carbocycles. The summed E-state index contributed by atoms with van der Waals surface area (Å²) in [7, 11) is 0. The molecule has 1 amide bonds. The molecule has 1 aliphatic rings. The number of carbonyl (C=O) groups excluding carboxylic acids is 1. The summed E-state index contributed by atoms with van der Waals surface area (Å²) in [4.78, 5) is 15.5. The number of guanidine groups is 1. The molecule has 2 rings (SSSR count). The second-order valence-corrected chi connectivity index (χ2v) is 5.04. The van der Waals surface area contributed by atoms with Crippen molar-refractivity contribution in [1.82, 2.24) is 5.32 Å². The number of aliphatic imine (C=N–C) groups is 1. The van der Waals surface area contributed by atoms with E-state index >= 15 is 0 Å². The number of nitrogens with one attached hydrogen (secondary N) is 2. The molecule has 0 saturated heterocycles. The molecule has 110 valence electrons. The van der Waals surface area contributed by atoms with Crippen molar-refractivity contribution < 1.29 is 4.79 Å². The monoisotopic (exact) mass is 388 g/mol. The molecule has 1 aromatic rings. The van der Waals surface area contributed by atoms with E-state index in [-0.39, 0.29) is 42.4 Å². The van der Waals surface area contributed by atoms with Crippen molar-refractivity contribution in [3.63, 3.8) is 0 Å². The Morgan fingerprint density at radius 3 is 2.45 bits per heavy atom. The second-order valence-electron chi connectivity index (χ2n) is 5.04. The van der Waals surface area contributed by atoms with Gasteiger partial charge in [0.25, 0.3) is 0 Å². The summed E-state index contributed by atoms with van der Waals surface area (Å²) in [6.07, 6.45) is 2.15. The summed E-state index contributed by atoms with van der Waals surface area (Å²) >= 11 is 0. The molecule has 0 heterocycles. The third-order valence-corrected chi connectivity index (χ3v) is 2.83. The number of amides is 1. The lowest BCUT2D eigenvalue weighted by Crippen LogP contribution is -2.30. The molecule has 0 aliphatic heterocycles. The summed E-state index contributed by atoms with van der Waals surface area (Å²) in [6, 6.07) is 6.41. The van der Waals surface area contributed by atoms with E-state index in [1.807, 2.05) is 26.0 Å². The van der Waals surface area contributed by atoms with Gasteiger partial charge in [0.1, 0.15) is 6.54 Å². The Bertz CT molecular complexity index is 492. The minimum absolute atomic E-state index is 0. The Hall–Kier alpha value is -1.31. The molecule has 6 heteroatoms. The zero-order chi connectivity index (χ0) is 13.8. The maximum atomic E-state index is 11.5. The molecule has 1 aliphatic carbocycles. The number of halogens is 1. The minimum Gasteiger partial charge on any atom is -0.370 e. The molecule has 0 radical (unpaired) electrons. The van der Waals surface area contributed by atoms with Gasteiger partial charge in [0.15, 0.2) is 5.96 Å². The van der Waals surface area contributed by atoms with Crippen LogP contribution in [0.1, 0.15) is 24.0 Å². The van der Waals surface area contributed by atoms with Crippen molar-refractivity contribution in [1.29, 1.82) is 0 Å². The van der Waals surface area contributed by atoms with Gasteiger partial charge >= 0.3 is 0 Å². The molecule has 1 aromatic carbocycles. The predicted molar refractivity (Wildman–Crippen MR) is 92.6 cm³/mol. The SMILES string of the molecule is Cc1cc(C)cc(NC(N)=NCC(=O)NC2CC2)c1.I. The summed E-state index contributed by atoms with van der Waals surface area (Å²) in [5, 5.41) is 5.86. The molecule has 1 fully saturated rings. The zero-order valence-corrected chi connectivity index (χ0v) is 14.1. The Morgan fingerprint density at radius 2 is 1.90 bits per heavy atom. The van der Waals surface area contributed by atoms with Crippen molar-refractivity contribution in [3.8, 4) is 0 Å². The van der Waals surface area contributed by atoms with E-state index in [9.17, 15) is 4.79 Å². The number of rotatable bonds is 4. The van der Waals surface area contributed by atoms with Gasteiger partial charge in [0.05, 0.1) is 0 Å². The van der Waals surface area contributed by atoms with Gasteiger partial charge in [-0.25, -0.2) is 4.99 Å². The van der Waals surface area contributed by atoms with Crippen LogP contribution in [0.3, 0.4) is 0 Å². The van der Waals surface area contributed by atoms with Crippen molar-refractivity contribution >= 4 is 41.5 Å². The average Bonchev–Trinajstić information content (AvgIpc) is 3.09. The molecule has 0 atom stereocenters. The van der Waals surface area contributed by atoms with Gasteiger partial charge in [-0.2, -0.15) is 0 Å². The first-order valence-electron chi connectivity index (χ1n) is 6.47. The van der Waals surface area contributed by atoms with Crippen LogP contribution >= 0.6 is 24.0 Å². The molecule has 20 heavy (non-hydrogen) atoms. The van der Waals surface area contributed by atoms with Crippen LogP contribution in [0.25, 0.3) is 0 Å². The van der Waals surface area contributed by atoms with Gasteiger partial charge in [-0.3, -0.25) is 4.79 Å². The highest BCUT2D eigenvalue weighted by atomic mass is 127. The largest absolute Gasteiger partial charge is 0.370 e. The van der Waals surface area contributed by atoms with Crippen LogP contribution < -0.4 is 16.4 Å². The highest BCUT2D eigenvalue weighted by Gasteiger charge is 2.22. The normalized spacial score (nSPS) is 14.4. The molecule has 0 aromatic heterocycles. The highest BCUT2D eigenvalue weighted by Crippen LogP contribution is 2.18. The standard InChI is InChI=1S/C14H20N4O.HI/c1-9-5-10(2)7-12(6-9)18-14(15)16-8-13(19)17-11-3-4-11;/h5-7,11H,3-4,8H2,1-2H3,(H,17,19)(H3,15,16,18);1H. The van der Waals surface area contributed by atoms with Gasteiger partial charge in [-0.1, -0.05) is 6.07 Å². The van der Waals surface area contributed by atoms with E-state index in [0.29, 0.717) is 6.04 Å². The van der Waals surface area contributed by atoms with Gasteiger partial charge in [-0.15, -0.1) is 24.0 Å². The number of hydrogen-bond donors (Lipinski definition) is 3. The number of benzene rings is 1. The number of anilines is 1. The van der Waals surface area contributed by atoms with Gasteiger partial charge < -0.3 is 16.4 Å². The highest BCUT2D eigenvalue weighted by molar-refractivity contribution is 14.0. The summed E-state index contributed by atoms with van der Waals surface area (Å²) < 4.78 is 0. The van der Waals surface area contributed by atoms with Crippen LogP contribution in [0.5, 0.6) is 0 Å². The van der Waals surface area contributed by atoms with Crippen molar-refractivity contribution in [2.75, 3.05) is 11.9 Å². The van der Waals surface area contributed by atoms with Crippen molar-refractivity contribution in [2.45, 2.75) is 32.7 Å². The van der Waals surface area contributed by atoms with Crippen LogP contribution in [-0.2, 0) is 4.79 Å². The maximum absolute atomic E-state index is 11.5. The fourth-order valence-corrected chi connectivity index (χ4v) is 1.89. The quantitative estimate of drug-likeness (QED) is 0.419. The van der Waals surface area contributed by atoms with E-state index in [1.54, 1.807) is 0 Å². The first-order chi connectivity index (χ1) is 9.02. The molecule has 4 N–H and O–H groups in total. The first-order valence-corrected chi connectivity index (χ1v) is 6.47. The number of carbonyl (C=O) groups is 1. The van der Waals surface area contributed by atoms with Gasteiger partial charge in [0, 0.05) is 11.7 Å². The predicted octanol–water partition coefficient (Wildman–Crippen LogP) is 1.93. The first kappa shape index (κ1) is 16.7.